The Morgan fingerprint density at radius 1 is 1.30 bits per heavy atom. The van der Waals surface area contributed by atoms with Gasteiger partial charge in [-0.2, -0.15) is 0 Å². The molecule has 0 bridgehead atoms. The highest BCUT2D eigenvalue weighted by molar-refractivity contribution is 5.49. The Morgan fingerprint density at radius 2 is 2.10 bits per heavy atom. The van der Waals surface area contributed by atoms with Gasteiger partial charge in [0.15, 0.2) is 0 Å². The number of nitrogens with one attached hydrogen (secondary N) is 1. The maximum Gasteiger partial charge on any atom is 0.133 e. The maximum atomic E-state index is 4.66. The van der Waals surface area contributed by atoms with Crippen LogP contribution in [0.15, 0.2) is 18.3 Å². The molecule has 20 heavy (non-hydrogen) atoms. The van der Waals surface area contributed by atoms with Crippen LogP contribution in [0.1, 0.15) is 37.8 Å². The molecule has 0 spiro atoms. The number of anilines is 1. The van der Waals surface area contributed by atoms with Gasteiger partial charge in [-0.15, -0.1) is 0 Å². The van der Waals surface area contributed by atoms with Crippen LogP contribution in [0.5, 0.6) is 0 Å². The molecule has 2 fully saturated rings. The van der Waals surface area contributed by atoms with Crippen molar-refractivity contribution in [3.05, 3.63) is 23.9 Å². The lowest BCUT2D eigenvalue weighted by Gasteiger charge is -2.26. The fourth-order valence-corrected chi connectivity index (χ4v) is 3.51. The van der Waals surface area contributed by atoms with Crippen molar-refractivity contribution >= 4 is 5.82 Å². The number of rotatable bonds is 4. The average molecular weight is 274 g/mol. The summed E-state index contributed by atoms with van der Waals surface area (Å²) >= 11 is 0. The Morgan fingerprint density at radius 3 is 2.85 bits per heavy atom. The molecule has 4 heteroatoms. The lowest BCUT2D eigenvalue weighted by molar-refractivity contribution is 0.260. The minimum atomic E-state index is 0.351. The lowest BCUT2D eigenvalue weighted by atomic mass is 10.1. The molecule has 0 aromatic carbocycles. The van der Waals surface area contributed by atoms with Crippen molar-refractivity contribution in [2.24, 2.45) is 0 Å². The van der Waals surface area contributed by atoms with Crippen molar-refractivity contribution in [2.75, 3.05) is 38.1 Å². The topological polar surface area (TPSA) is 31.4 Å². The van der Waals surface area contributed by atoms with Crippen LogP contribution in [0.4, 0.5) is 5.82 Å². The predicted octanol–water partition coefficient (Wildman–Crippen LogP) is 2.04. The highest BCUT2D eigenvalue weighted by Crippen LogP contribution is 2.29. The van der Waals surface area contributed by atoms with Crippen molar-refractivity contribution in [2.45, 2.75) is 38.3 Å². The molecule has 2 saturated heterocycles. The molecule has 1 aromatic rings. The summed E-state index contributed by atoms with van der Waals surface area (Å²) in [5.41, 5.74) is 1.32. The van der Waals surface area contributed by atoms with Crippen molar-refractivity contribution in [1.29, 1.82) is 0 Å². The number of pyridine rings is 1. The molecule has 3 heterocycles. The van der Waals surface area contributed by atoms with E-state index in [0.717, 1.165) is 19.1 Å². The molecule has 110 valence electrons. The molecule has 2 atom stereocenters. The zero-order chi connectivity index (χ0) is 13.9. The fourth-order valence-electron chi connectivity index (χ4n) is 3.51. The van der Waals surface area contributed by atoms with Gasteiger partial charge in [0, 0.05) is 36.9 Å². The van der Waals surface area contributed by atoms with Crippen molar-refractivity contribution in [3.63, 3.8) is 0 Å². The van der Waals surface area contributed by atoms with Crippen LogP contribution in [-0.2, 0) is 0 Å². The maximum absolute atomic E-state index is 4.66. The molecule has 0 amide bonds. The predicted molar refractivity (Wildman–Crippen MR) is 83.1 cm³/mol. The zero-order valence-corrected chi connectivity index (χ0v) is 12.7. The summed E-state index contributed by atoms with van der Waals surface area (Å²) < 4.78 is 0. The van der Waals surface area contributed by atoms with Gasteiger partial charge >= 0.3 is 0 Å². The summed E-state index contributed by atoms with van der Waals surface area (Å²) in [7, 11) is 2.01. The first kappa shape index (κ1) is 13.8. The molecular weight excluding hydrogens is 248 g/mol. The first-order valence-corrected chi connectivity index (χ1v) is 7.91. The van der Waals surface area contributed by atoms with E-state index in [1.807, 2.05) is 19.3 Å². The Balaban J connectivity index is 1.74. The van der Waals surface area contributed by atoms with E-state index in [-0.39, 0.29) is 0 Å². The van der Waals surface area contributed by atoms with Crippen LogP contribution < -0.4 is 10.2 Å². The van der Waals surface area contributed by atoms with E-state index >= 15 is 0 Å². The molecule has 3 rings (SSSR count). The highest BCUT2D eigenvalue weighted by atomic mass is 15.3. The van der Waals surface area contributed by atoms with Gasteiger partial charge in [-0.1, -0.05) is 6.07 Å². The summed E-state index contributed by atoms with van der Waals surface area (Å²) in [5.74, 6) is 1.18. The van der Waals surface area contributed by atoms with E-state index in [0.29, 0.717) is 6.04 Å². The normalized spacial score (nSPS) is 25.3. The van der Waals surface area contributed by atoms with Gasteiger partial charge < -0.3 is 10.2 Å². The molecule has 1 N–H and O–H groups in total. The second-order valence-corrected chi connectivity index (χ2v) is 6.06. The monoisotopic (exact) mass is 274 g/mol. The van der Waals surface area contributed by atoms with E-state index < -0.39 is 0 Å². The Bertz CT molecular complexity index is 442. The van der Waals surface area contributed by atoms with Gasteiger partial charge in [-0.25, -0.2) is 4.98 Å². The number of hydrogen-bond acceptors (Lipinski definition) is 4. The van der Waals surface area contributed by atoms with Gasteiger partial charge in [0.25, 0.3) is 0 Å². The summed E-state index contributed by atoms with van der Waals surface area (Å²) in [6, 6.07) is 5.33. The summed E-state index contributed by atoms with van der Waals surface area (Å²) in [6.45, 7) is 7.07. The Labute approximate surface area is 122 Å². The van der Waals surface area contributed by atoms with Crippen molar-refractivity contribution in [1.82, 2.24) is 15.2 Å². The number of likely N-dealkylation sites (tertiary alicyclic amines) is 1. The third kappa shape index (κ3) is 2.67. The molecule has 4 nitrogen and oxygen atoms in total. The smallest absolute Gasteiger partial charge is 0.133 e. The average Bonchev–Trinajstić information content (AvgIpc) is 3.17. The summed E-state index contributed by atoms with van der Waals surface area (Å²) in [4.78, 5) is 9.81. The van der Waals surface area contributed by atoms with Crippen LogP contribution in [0, 0.1) is 0 Å². The third-order valence-corrected chi connectivity index (χ3v) is 4.84. The van der Waals surface area contributed by atoms with Crippen LogP contribution in [-0.4, -0.2) is 49.2 Å². The van der Waals surface area contributed by atoms with Crippen LogP contribution in [0.3, 0.4) is 0 Å². The minimum Gasteiger partial charge on any atom is -0.355 e. The Kier molecular flexibility index (Phi) is 4.22. The number of aromatic nitrogens is 1. The quantitative estimate of drug-likeness (QED) is 0.910. The molecule has 2 aliphatic heterocycles. The molecule has 1 aromatic heterocycles. The number of nitrogens with zero attached hydrogens (tertiary/aromatic N) is 3. The zero-order valence-electron chi connectivity index (χ0n) is 12.7. The van der Waals surface area contributed by atoms with Crippen LogP contribution in [0.25, 0.3) is 0 Å². The summed E-state index contributed by atoms with van der Waals surface area (Å²) in [5, 5.41) is 3.33. The SMILES string of the molecule is CNC(C)c1cccnc1N1CCC(N2CCCC2)C1. The van der Waals surface area contributed by atoms with E-state index in [1.165, 1.54) is 43.7 Å². The minimum absolute atomic E-state index is 0.351. The molecule has 2 unspecified atom stereocenters. The number of hydrogen-bond donors (Lipinski definition) is 1. The van der Waals surface area contributed by atoms with Gasteiger partial charge in [0.2, 0.25) is 0 Å². The van der Waals surface area contributed by atoms with E-state index in [9.17, 15) is 0 Å². The first-order chi connectivity index (χ1) is 9.79. The van der Waals surface area contributed by atoms with Gasteiger partial charge in [-0.05, 0) is 52.4 Å². The largest absolute Gasteiger partial charge is 0.355 e. The first-order valence-electron chi connectivity index (χ1n) is 7.91. The lowest BCUT2D eigenvalue weighted by Crippen LogP contribution is -2.35. The molecule has 0 aliphatic carbocycles. The van der Waals surface area contributed by atoms with E-state index in [1.54, 1.807) is 0 Å². The van der Waals surface area contributed by atoms with Crippen molar-refractivity contribution < 1.29 is 0 Å². The molecule has 2 aliphatic rings. The van der Waals surface area contributed by atoms with Gasteiger partial charge in [0.1, 0.15) is 5.82 Å². The third-order valence-electron chi connectivity index (χ3n) is 4.84. The van der Waals surface area contributed by atoms with Gasteiger partial charge in [-0.3, -0.25) is 4.90 Å². The Hall–Kier alpha value is -1.13. The van der Waals surface area contributed by atoms with Gasteiger partial charge in [0.05, 0.1) is 0 Å². The summed E-state index contributed by atoms with van der Waals surface area (Å²) in [6.07, 6.45) is 5.96. The van der Waals surface area contributed by atoms with Crippen LogP contribution >= 0.6 is 0 Å². The van der Waals surface area contributed by atoms with Crippen LogP contribution in [0.2, 0.25) is 0 Å². The molecule has 0 saturated carbocycles. The molecular formula is C16H26N4. The second kappa shape index (κ2) is 6.10. The fraction of sp³-hybridized carbons (Fsp3) is 0.688. The standard InChI is InChI=1S/C16H26N4/c1-13(17-2)15-6-5-8-18-16(15)20-11-7-14(12-20)19-9-3-4-10-19/h5-6,8,13-14,17H,3-4,7,9-12H2,1-2H3. The van der Waals surface area contributed by atoms with E-state index in [4.69, 9.17) is 0 Å². The van der Waals surface area contributed by atoms with Crippen molar-refractivity contribution in [3.8, 4) is 0 Å². The molecule has 0 radical (unpaired) electrons. The second-order valence-electron chi connectivity index (χ2n) is 6.06. The van der Waals surface area contributed by atoms with E-state index in [2.05, 4.69) is 33.1 Å². The highest BCUT2D eigenvalue weighted by Gasteiger charge is 2.31.